The van der Waals surface area contributed by atoms with Crippen molar-refractivity contribution in [1.29, 1.82) is 0 Å². The van der Waals surface area contributed by atoms with E-state index in [0.29, 0.717) is 13.0 Å². The van der Waals surface area contributed by atoms with Gasteiger partial charge in [-0.3, -0.25) is 4.79 Å². The van der Waals surface area contributed by atoms with E-state index in [2.05, 4.69) is 38.2 Å². The Balaban J connectivity index is 1.75. The number of aliphatic hydroxyl groups is 7. The maximum Gasteiger partial charge on any atom is 0.306 e. The largest absolute Gasteiger partial charge is 0.457 e. The molecule has 2 rings (SSSR count). The van der Waals surface area contributed by atoms with Crippen LogP contribution < -0.4 is 0 Å². The Labute approximate surface area is 367 Å². The molecule has 2 saturated heterocycles. The molecule has 0 aromatic heterocycles. The number of hydrogen-bond donors (Lipinski definition) is 7. The van der Waals surface area contributed by atoms with Crippen molar-refractivity contribution in [3.05, 3.63) is 24.3 Å². The lowest BCUT2D eigenvalue weighted by atomic mass is 9.98. The summed E-state index contributed by atoms with van der Waals surface area (Å²) < 4.78 is 34.1. The molecule has 61 heavy (non-hydrogen) atoms. The molecule has 2 aliphatic rings. The van der Waals surface area contributed by atoms with Gasteiger partial charge in [-0.1, -0.05) is 141 Å². The highest BCUT2D eigenvalue weighted by molar-refractivity contribution is 5.69. The molecule has 0 radical (unpaired) electrons. The first-order valence-electron chi connectivity index (χ1n) is 23.9. The van der Waals surface area contributed by atoms with E-state index in [-0.39, 0.29) is 25.6 Å². The number of aliphatic hydroxyl groups excluding tert-OH is 7. The normalized spacial score (nSPS) is 27.6. The molecule has 0 aromatic carbocycles. The standard InChI is InChI=1S/C47H86O14/c1-3-5-7-9-11-13-14-15-16-17-18-19-20-21-22-23-24-26-28-30-39(49)59-36(33-56-31-29-27-25-12-10-8-6-4-2)34-57-46-45(55)43(53)41(51)38(61-46)35-58-47-44(54)42(52)40(50)37(32-48)60-47/h11,13,15-16,36-38,40-48,50-55H,3-10,12,14,17-35H2,1-2H3/b13-11-,16-15-. The maximum atomic E-state index is 12.9. The van der Waals surface area contributed by atoms with E-state index in [1.165, 1.54) is 89.9 Å². The summed E-state index contributed by atoms with van der Waals surface area (Å²) in [5.74, 6) is -0.382. The summed E-state index contributed by atoms with van der Waals surface area (Å²) >= 11 is 0. The van der Waals surface area contributed by atoms with Crippen LogP contribution in [0.15, 0.2) is 24.3 Å². The second-order valence-electron chi connectivity index (χ2n) is 16.9. The third kappa shape index (κ3) is 24.4. The Hall–Kier alpha value is -1.53. The second kappa shape index (κ2) is 35.8. The topological polar surface area (TPSA) is 214 Å². The van der Waals surface area contributed by atoms with Gasteiger partial charge in [0.25, 0.3) is 0 Å². The molecule has 0 saturated carbocycles. The molecule has 0 amide bonds. The number of esters is 1. The van der Waals surface area contributed by atoms with Crippen LogP contribution in [0.1, 0.15) is 168 Å². The van der Waals surface area contributed by atoms with Crippen LogP contribution in [0.2, 0.25) is 0 Å². The summed E-state index contributed by atoms with van der Waals surface area (Å²) in [4.78, 5) is 12.9. The smallest absolute Gasteiger partial charge is 0.306 e. The molecule has 7 N–H and O–H groups in total. The highest BCUT2D eigenvalue weighted by Gasteiger charge is 2.47. The molecule has 0 aromatic rings. The van der Waals surface area contributed by atoms with Gasteiger partial charge < -0.3 is 64.2 Å². The zero-order valence-electron chi connectivity index (χ0n) is 37.7. The lowest BCUT2D eigenvalue weighted by Gasteiger charge is -2.42. The first-order chi connectivity index (χ1) is 29.6. The van der Waals surface area contributed by atoms with Gasteiger partial charge in [0, 0.05) is 13.0 Å². The van der Waals surface area contributed by atoms with E-state index >= 15 is 0 Å². The number of allylic oxidation sites excluding steroid dienone is 4. The third-order valence-electron chi connectivity index (χ3n) is 11.5. The third-order valence-corrected chi connectivity index (χ3v) is 11.5. The van der Waals surface area contributed by atoms with E-state index < -0.39 is 80.7 Å². The van der Waals surface area contributed by atoms with Crippen LogP contribution >= 0.6 is 0 Å². The fraction of sp³-hybridized carbons (Fsp3) is 0.894. The van der Waals surface area contributed by atoms with E-state index in [1.54, 1.807) is 0 Å². The fourth-order valence-corrected chi connectivity index (χ4v) is 7.49. The number of carbonyl (C=O) groups is 1. The molecule has 11 atom stereocenters. The van der Waals surface area contributed by atoms with Crippen LogP contribution in [0, 0.1) is 0 Å². The van der Waals surface area contributed by atoms with Gasteiger partial charge >= 0.3 is 5.97 Å². The highest BCUT2D eigenvalue weighted by atomic mass is 16.7. The van der Waals surface area contributed by atoms with Crippen LogP contribution in [0.4, 0.5) is 0 Å². The molecular formula is C47H86O14. The number of ether oxygens (including phenoxy) is 6. The highest BCUT2D eigenvalue weighted by Crippen LogP contribution is 2.26. The molecule has 358 valence electrons. The van der Waals surface area contributed by atoms with Crippen LogP contribution in [0.3, 0.4) is 0 Å². The minimum Gasteiger partial charge on any atom is -0.457 e. The van der Waals surface area contributed by atoms with Crippen molar-refractivity contribution in [1.82, 2.24) is 0 Å². The number of carbonyl (C=O) groups excluding carboxylic acids is 1. The predicted molar refractivity (Wildman–Crippen MR) is 233 cm³/mol. The van der Waals surface area contributed by atoms with Crippen LogP contribution in [-0.4, -0.2) is 142 Å². The van der Waals surface area contributed by atoms with Crippen molar-refractivity contribution in [2.24, 2.45) is 0 Å². The number of unbranched alkanes of at least 4 members (excludes halogenated alkanes) is 19. The Bertz CT molecular complexity index is 1110. The summed E-state index contributed by atoms with van der Waals surface area (Å²) in [5.41, 5.74) is 0. The van der Waals surface area contributed by atoms with Crippen molar-refractivity contribution in [3.8, 4) is 0 Å². The molecule has 14 nitrogen and oxygen atoms in total. The minimum absolute atomic E-state index is 0.0622. The predicted octanol–water partition coefficient (Wildman–Crippen LogP) is 6.07. The van der Waals surface area contributed by atoms with Crippen molar-refractivity contribution in [2.75, 3.05) is 33.0 Å². The fourth-order valence-electron chi connectivity index (χ4n) is 7.49. The minimum atomic E-state index is -1.70. The van der Waals surface area contributed by atoms with Gasteiger partial charge in [-0.05, 0) is 44.9 Å². The summed E-state index contributed by atoms with van der Waals surface area (Å²) in [7, 11) is 0. The van der Waals surface area contributed by atoms with Gasteiger partial charge in [0.05, 0.1) is 26.4 Å². The molecule has 14 heteroatoms. The maximum absolute atomic E-state index is 12.9. The molecule has 0 spiro atoms. The summed E-state index contributed by atoms with van der Waals surface area (Å²) in [5, 5.41) is 71.9. The summed E-state index contributed by atoms with van der Waals surface area (Å²) in [6.45, 7) is 3.63. The van der Waals surface area contributed by atoms with E-state index in [9.17, 15) is 40.5 Å². The van der Waals surface area contributed by atoms with Gasteiger partial charge in [0.1, 0.15) is 54.9 Å². The number of rotatable bonds is 37. The second-order valence-corrected chi connectivity index (χ2v) is 16.9. The van der Waals surface area contributed by atoms with Gasteiger partial charge in [-0.15, -0.1) is 0 Å². The first-order valence-corrected chi connectivity index (χ1v) is 23.9. The van der Waals surface area contributed by atoms with Crippen LogP contribution in [0.25, 0.3) is 0 Å². The molecule has 0 bridgehead atoms. The average Bonchev–Trinajstić information content (AvgIpc) is 3.25. The lowest BCUT2D eigenvalue weighted by Crippen LogP contribution is -2.61. The Morgan fingerprint density at radius 3 is 1.61 bits per heavy atom. The zero-order valence-corrected chi connectivity index (χ0v) is 37.7. The van der Waals surface area contributed by atoms with Crippen molar-refractivity contribution >= 4 is 5.97 Å². The van der Waals surface area contributed by atoms with Crippen LogP contribution in [-0.2, 0) is 33.2 Å². The van der Waals surface area contributed by atoms with Crippen molar-refractivity contribution in [2.45, 2.75) is 235 Å². The summed E-state index contributed by atoms with van der Waals surface area (Å²) in [6, 6.07) is 0. The molecule has 2 heterocycles. The van der Waals surface area contributed by atoms with Crippen molar-refractivity contribution in [3.63, 3.8) is 0 Å². The Kier molecular flexibility index (Phi) is 32.6. The van der Waals surface area contributed by atoms with Crippen LogP contribution in [0.5, 0.6) is 0 Å². The average molecular weight is 875 g/mol. The van der Waals surface area contributed by atoms with E-state index in [1.807, 2.05) is 0 Å². The SMILES string of the molecule is CCCCC/C=C\C/C=C\CCCCCCCCCCCC(=O)OC(COCCCCCCCCCC)COC1OC(COC2OC(CO)C(O)C(O)C2O)C(O)C(O)C1O. The van der Waals surface area contributed by atoms with E-state index in [4.69, 9.17) is 28.4 Å². The quantitative estimate of drug-likeness (QED) is 0.0215. The Morgan fingerprint density at radius 2 is 1.02 bits per heavy atom. The monoisotopic (exact) mass is 875 g/mol. The van der Waals surface area contributed by atoms with E-state index in [0.717, 1.165) is 51.4 Å². The van der Waals surface area contributed by atoms with Gasteiger partial charge in [-0.2, -0.15) is 0 Å². The van der Waals surface area contributed by atoms with Gasteiger partial charge in [-0.25, -0.2) is 0 Å². The van der Waals surface area contributed by atoms with Gasteiger partial charge in [0.2, 0.25) is 0 Å². The lowest BCUT2D eigenvalue weighted by molar-refractivity contribution is -0.332. The van der Waals surface area contributed by atoms with Crippen molar-refractivity contribution < 1.29 is 69.0 Å². The zero-order chi connectivity index (χ0) is 44.5. The number of hydrogen-bond acceptors (Lipinski definition) is 14. The molecule has 11 unspecified atom stereocenters. The van der Waals surface area contributed by atoms with Gasteiger partial charge in [0.15, 0.2) is 12.6 Å². The molecule has 2 aliphatic heterocycles. The first kappa shape index (κ1) is 55.6. The summed E-state index contributed by atoms with van der Waals surface area (Å²) in [6.07, 6.45) is 19.7. The molecule has 2 fully saturated rings. The molecule has 0 aliphatic carbocycles. The Morgan fingerprint density at radius 1 is 0.541 bits per heavy atom. The molecular weight excluding hydrogens is 789 g/mol.